The molecule has 30 heavy (non-hydrogen) atoms. The van der Waals surface area contributed by atoms with E-state index < -0.39 is 0 Å². The number of hydrogen-bond donors (Lipinski definition) is 2. The van der Waals surface area contributed by atoms with Crippen molar-refractivity contribution in [3.63, 3.8) is 0 Å². The van der Waals surface area contributed by atoms with Crippen molar-refractivity contribution in [3.8, 4) is 5.75 Å². The molecule has 2 heterocycles. The molecule has 1 aromatic heterocycles. The van der Waals surface area contributed by atoms with Gasteiger partial charge in [0.05, 0.1) is 24.9 Å². The number of para-hydroxylation sites is 2. The number of benzene rings is 1. The molecule has 0 unspecified atom stereocenters. The summed E-state index contributed by atoms with van der Waals surface area (Å²) in [5.41, 5.74) is 1.27. The summed E-state index contributed by atoms with van der Waals surface area (Å²) in [5.74, 6) is 1.19. The number of pyridine rings is 1. The first-order valence-corrected chi connectivity index (χ1v) is 10.3. The predicted molar refractivity (Wildman–Crippen MR) is 114 cm³/mol. The molecule has 0 radical (unpaired) electrons. The average Bonchev–Trinajstić information content (AvgIpc) is 3.58. The Kier molecular flexibility index (Phi) is 6.13. The summed E-state index contributed by atoms with van der Waals surface area (Å²) in [5, 5.41) is 6.24. The second-order valence-electron chi connectivity index (χ2n) is 7.63. The summed E-state index contributed by atoms with van der Waals surface area (Å²) in [6.45, 7) is 2.92. The Morgan fingerprint density at radius 3 is 2.60 bits per heavy atom. The molecule has 2 N–H and O–H groups in total. The van der Waals surface area contributed by atoms with Crippen LogP contribution in [0, 0.1) is 0 Å². The number of carbonyl (C=O) groups excluding carboxylic acids is 2. The van der Waals surface area contributed by atoms with E-state index in [9.17, 15) is 9.59 Å². The Labute approximate surface area is 176 Å². The molecule has 8 nitrogen and oxygen atoms in total. The van der Waals surface area contributed by atoms with E-state index in [1.807, 2.05) is 29.2 Å². The van der Waals surface area contributed by atoms with E-state index in [1.165, 1.54) is 0 Å². The van der Waals surface area contributed by atoms with Crippen molar-refractivity contribution in [3.05, 3.63) is 48.2 Å². The van der Waals surface area contributed by atoms with Crippen molar-refractivity contribution < 1.29 is 14.3 Å². The van der Waals surface area contributed by atoms with E-state index >= 15 is 0 Å². The van der Waals surface area contributed by atoms with Gasteiger partial charge in [-0.3, -0.25) is 14.5 Å². The molecule has 2 amide bonds. The second-order valence-corrected chi connectivity index (χ2v) is 7.63. The van der Waals surface area contributed by atoms with Crippen molar-refractivity contribution in [2.75, 3.05) is 45.2 Å². The molecular formula is C22H27N5O3. The van der Waals surface area contributed by atoms with Gasteiger partial charge in [-0.1, -0.05) is 12.1 Å². The van der Waals surface area contributed by atoms with Crippen LogP contribution in [0.4, 0.5) is 11.5 Å². The smallest absolute Gasteiger partial charge is 0.257 e. The maximum atomic E-state index is 13.2. The molecule has 8 heteroatoms. The highest BCUT2D eigenvalue weighted by Crippen LogP contribution is 2.28. The summed E-state index contributed by atoms with van der Waals surface area (Å²) in [4.78, 5) is 33.5. The zero-order chi connectivity index (χ0) is 20.9. The van der Waals surface area contributed by atoms with Gasteiger partial charge in [0.15, 0.2) is 0 Å². The van der Waals surface area contributed by atoms with Crippen molar-refractivity contribution in [1.29, 1.82) is 0 Å². The SMILES string of the molecule is COc1ccccc1Nc1ncccc1C(=O)N1CCN(CC(=O)NC2CC2)CC1. The number of rotatable bonds is 7. The van der Waals surface area contributed by atoms with Gasteiger partial charge in [-0.2, -0.15) is 0 Å². The lowest BCUT2D eigenvalue weighted by Crippen LogP contribution is -2.51. The van der Waals surface area contributed by atoms with Gasteiger partial charge >= 0.3 is 0 Å². The van der Waals surface area contributed by atoms with Crippen LogP contribution in [0.5, 0.6) is 5.75 Å². The van der Waals surface area contributed by atoms with Gasteiger partial charge in [-0.15, -0.1) is 0 Å². The minimum Gasteiger partial charge on any atom is -0.495 e. The summed E-state index contributed by atoms with van der Waals surface area (Å²) in [7, 11) is 1.61. The molecule has 4 rings (SSSR count). The molecular weight excluding hydrogens is 382 g/mol. The first-order chi connectivity index (χ1) is 14.6. The lowest BCUT2D eigenvalue weighted by Gasteiger charge is -2.34. The molecule has 1 aromatic carbocycles. The molecule has 1 saturated carbocycles. The van der Waals surface area contributed by atoms with Crippen LogP contribution < -0.4 is 15.4 Å². The molecule has 1 saturated heterocycles. The molecule has 2 fully saturated rings. The van der Waals surface area contributed by atoms with E-state index in [0.717, 1.165) is 18.5 Å². The fourth-order valence-electron chi connectivity index (χ4n) is 3.54. The second kappa shape index (κ2) is 9.13. The zero-order valence-electron chi connectivity index (χ0n) is 17.1. The lowest BCUT2D eigenvalue weighted by atomic mass is 10.2. The third kappa shape index (κ3) is 4.88. The van der Waals surface area contributed by atoms with E-state index in [-0.39, 0.29) is 11.8 Å². The van der Waals surface area contributed by atoms with Crippen LogP contribution in [-0.2, 0) is 4.79 Å². The number of hydrogen-bond acceptors (Lipinski definition) is 6. The number of nitrogens with zero attached hydrogens (tertiary/aromatic N) is 3. The van der Waals surface area contributed by atoms with Gasteiger partial charge in [-0.05, 0) is 37.1 Å². The first-order valence-electron chi connectivity index (χ1n) is 10.3. The summed E-state index contributed by atoms with van der Waals surface area (Å²) < 4.78 is 5.38. The van der Waals surface area contributed by atoms with E-state index in [4.69, 9.17) is 4.74 Å². The number of ether oxygens (including phenoxy) is 1. The fraction of sp³-hybridized carbons (Fsp3) is 0.409. The van der Waals surface area contributed by atoms with Crippen LogP contribution in [0.15, 0.2) is 42.6 Å². The van der Waals surface area contributed by atoms with Crippen molar-refractivity contribution >= 4 is 23.3 Å². The largest absolute Gasteiger partial charge is 0.495 e. The molecule has 0 spiro atoms. The molecule has 1 aliphatic heterocycles. The Bertz CT molecular complexity index is 907. The zero-order valence-corrected chi connectivity index (χ0v) is 17.1. The summed E-state index contributed by atoms with van der Waals surface area (Å²) >= 11 is 0. The van der Waals surface area contributed by atoms with E-state index in [2.05, 4.69) is 20.5 Å². The van der Waals surface area contributed by atoms with E-state index in [0.29, 0.717) is 55.9 Å². The minimum absolute atomic E-state index is 0.0671. The molecule has 0 atom stereocenters. The number of amides is 2. The van der Waals surface area contributed by atoms with Gasteiger partial charge in [0.25, 0.3) is 5.91 Å². The Morgan fingerprint density at radius 2 is 1.87 bits per heavy atom. The molecule has 0 bridgehead atoms. The number of anilines is 2. The number of aromatic nitrogens is 1. The third-order valence-electron chi connectivity index (χ3n) is 5.37. The average molecular weight is 409 g/mol. The molecule has 2 aromatic rings. The number of piperazine rings is 1. The van der Waals surface area contributed by atoms with Crippen molar-refractivity contribution in [2.24, 2.45) is 0 Å². The Morgan fingerprint density at radius 1 is 1.10 bits per heavy atom. The maximum absolute atomic E-state index is 13.2. The molecule has 1 aliphatic carbocycles. The third-order valence-corrected chi connectivity index (χ3v) is 5.37. The fourth-order valence-corrected chi connectivity index (χ4v) is 3.54. The lowest BCUT2D eigenvalue weighted by molar-refractivity contribution is -0.122. The monoisotopic (exact) mass is 409 g/mol. The summed E-state index contributed by atoms with van der Waals surface area (Å²) in [6.07, 6.45) is 3.83. The van der Waals surface area contributed by atoms with Gasteiger partial charge in [-0.25, -0.2) is 4.98 Å². The number of methoxy groups -OCH3 is 1. The maximum Gasteiger partial charge on any atom is 0.257 e. The van der Waals surface area contributed by atoms with Crippen LogP contribution in [-0.4, -0.2) is 72.5 Å². The number of carbonyl (C=O) groups is 2. The predicted octanol–water partition coefficient (Wildman–Crippen LogP) is 1.87. The molecule has 2 aliphatic rings. The number of nitrogens with one attached hydrogen (secondary N) is 2. The highest BCUT2D eigenvalue weighted by Gasteiger charge is 2.27. The van der Waals surface area contributed by atoms with Crippen molar-refractivity contribution in [1.82, 2.24) is 20.1 Å². The standard InChI is InChI=1S/C22H27N5O3/c1-30-19-7-3-2-6-18(19)25-21-17(5-4-10-23-21)22(29)27-13-11-26(12-14-27)15-20(28)24-16-8-9-16/h2-7,10,16H,8-9,11-15H2,1H3,(H,23,25)(H,24,28). The Balaban J connectivity index is 1.38. The van der Waals surface area contributed by atoms with Crippen LogP contribution in [0.25, 0.3) is 0 Å². The Hall–Kier alpha value is -3.13. The van der Waals surface area contributed by atoms with Gasteiger partial charge < -0.3 is 20.3 Å². The normalized spacial score (nSPS) is 16.8. The minimum atomic E-state index is -0.0671. The van der Waals surface area contributed by atoms with Crippen LogP contribution in [0.1, 0.15) is 23.2 Å². The highest BCUT2D eigenvalue weighted by molar-refractivity contribution is 5.99. The van der Waals surface area contributed by atoms with Gasteiger partial charge in [0.1, 0.15) is 11.6 Å². The summed E-state index contributed by atoms with van der Waals surface area (Å²) in [6, 6.07) is 11.4. The quantitative estimate of drug-likeness (QED) is 0.726. The topological polar surface area (TPSA) is 86.8 Å². The van der Waals surface area contributed by atoms with Crippen LogP contribution >= 0.6 is 0 Å². The van der Waals surface area contributed by atoms with Crippen molar-refractivity contribution in [2.45, 2.75) is 18.9 Å². The molecule has 158 valence electrons. The van der Waals surface area contributed by atoms with E-state index in [1.54, 1.807) is 25.4 Å². The van der Waals surface area contributed by atoms with Crippen LogP contribution in [0.2, 0.25) is 0 Å². The van der Waals surface area contributed by atoms with Crippen LogP contribution in [0.3, 0.4) is 0 Å². The first kappa shape index (κ1) is 20.2. The highest BCUT2D eigenvalue weighted by atomic mass is 16.5. The van der Waals surface area contributed by atoms with Gasteiger partial charge in [0.2, 0.25) is 5.91 Å². The van der Waals surface area contributed by atoms with Gasteiger partial charge in [0, 0.05) is 38.4 Å².